The molecule has 3 amide bonds. The van der Waals surface area contributed by atoms with Crippen LogP contribution >= 0.6 is 0 Å². The fourth-order valence-electron chi connectivity index (χ4n) is 4.01. The minimum atomic E-state index is -0.600. The molecule has 2 saturated heterocycles. The maximum Gasteiger partial charge on any atom is 0.252 e. The van der Waals surface area contributed by atoms with Gasteiger partial charge in [0, 0.05) is 31.3 Å². The third-order valence-corrected chi connectivity index (χ3v) is 5.60. The summed E-state index contributed by atoms with van der Waals surface area (Å²) in [5.41, 5.74) is 2.49. The standard InChI is InChI=1S/C23H25N3O4/c1-30-20-14-17(9-10-19(20)25-12-5-8-21(25)27)24-18-15-22(28)26(23(18)29)13-11-16-6-3-2-4-7-16/h2-4,6-7,9-10,14,18,24H,5,8,11-13,15H2,1H3/t18-/m0/s1. The molecule has 0 aromatic heterocycles. The van der Waals surface area contributed by atoms with Crippen molar-refractivity contribution in [1.82, 2.24) is 4.90 Å². The molecule has 30 heavy (non-hydrogen) atoms. The van der Waals surface area contributed by atoms with Crippen molar-refractivity contribution >= 4 is 29.1 Å². The van der Waals surface area contributed by atoms with Gasteiger partial charge in [-0.05, 0) is 30.5 Å². The quantitative estimate of drug-likeness (QED) is 0.714. The SMILES string of the molecule is COc1cc(N[C@H]2CC(=O)N(CCc3ccccc3)C2=O)ccc1N1CCCC1=O. The van der Waals surface area contributed by atoms with Crippen LogP contribution in [0.2, 0.25) is 0 Å². The predicted molar refractivity (Wildman–Crippen MR) is 113 cm³/mol. The molecule has 7 nitrogen and oxygen atoms in total. The van der Waals surface area contributed by atoms with Gasteiger partial charge in [0.05, 0.1) is 19.2 Å². The first-order valence-electron chi connectivity index (χ1n) is 10.2. The monoisotopic (exact) mass is 407 g/mol. The molecule has 2 fully saturated rings. The Morgan fingerprint density at radius 2 is 1.87 bits per heavy atom. The molecule has 0 spiro atoms. The average Bonchev–Trinajstić information content (AvgIpc) is 3.30. The maximum absolute atomic E-state index is 12.8. The van der Waals surface area contributed by atoms with Gasteiger partial charge < -0.3 is 15.0 Å². The summed E-state index contributed by atoms with van der Waals surface area (Å²) >= 11 is 0. The molecule has 0 unspecified atom stereocenters. The van der Waals surface area contributed by atoms with Crippen LogP contribution in [0.3, 0.4) is 0 Å². The highest BCUT2D eigenvalue weighted by molar-refractivity contribution is 6.07. The topological polar surface area (TPSA) is 79.0 Å². The number of rotatable bonds is 7. The van der Waals surface area contributed by atoms with Gasteiger partial charge in [-0.1, -0.05) is 30.3 Å². The van der Waals surface area contributed by atoms with Gasteiger partial charge >= 0.3 is 0 Å². The number of carbonyl (C=O) groups is 3. The highest BCUT2D eigenvalue weighted by Crippen LogP contribution is 2.34. The zero-order valence-corrected chi connectivity index (χ0v) is 17.0. The average molecular weight is 407 g/mol. The van der Waals surface area contributed by atoms with Crippen LogP contribution in [0.4, 0.5) is 11.4 Å². The molecule has 1 N–H and O–H groups in total. The lowest BCUT2D eigenvalue weighted by molar-refractivity contribution is -0.138. The van der Waals surface area contributed by atoms with E-state index in [4.69, 9.17) is 4.74 Å². The van der Waals surface area contributed by atoms with Crippen molar-refractivity contribution in [3.05, 3.63) is 54.1 Å². The smallest absolute Gasteiger partial charge is 0.252 e. The van der Waals surface area contributed by atoms with Crippen LogP contribution in [-0.2, 0) is 20.8 Å². The number of hydrogen-bond donors (Lipinski definition) is 1. The van der Waals surface area contributed by atoms with Gasteiger partial charge in [-0.25, -0.2) is 0 Å². The van der Waals surface area contributed by atoms with Crippen molar-refractivity contribution in [2.75, 3.05) is 30.4 Å². The Morgan fingerprint density at radius 3 is 2.57 bits per heavy atom. The molecule has 2 aliphatic heterocycles. The maximum atomic E-state index is 12.8. The number of nitrogens with one attached hydrogen (secondary N) is 1. The molecule has 156 valence electrons. The summed E-state index contributed by atoms with van der Waals surface area (Å²) in [6, 6.07) is 14.6. The van der Waals surface area contributed by atoms with Crippen LogP contribution in [0.1, 0.15) is 24.8 Å². The highest BCUT2D eigenvalue weighted by Gasteiger charge is 2.38. The second-order valence-corrected chi connectivity index (χ2v) is 7.56. The van der Waals surface area contributed by atoms with Crippen LogP contribution in [-0.4, -0.2) is 48.9 Å². The number of ether oxygens (including phenoxy) is 1. The number of methoxy groups -OCH3 is 1. The van der Waals surface area contributed by atoms with E-state index in [1.54, 1.807) is 18.1 Å². The lowest BCUT2D eigenvalue weighted by Crippen LogP contribution is -2.36. The molecule has 2 aromatic carbocycles. The van der Waals surface area contributed by atoms with Crippen molar-refractivity contribution in [2.45, 2.75) is 31.7 Å². The Labute approximate surface area is 175 Å². The molecular formula is C23H25N3O4. The summed E-state index contributed by atoms with van der Waals surface area (Å²) in [5, 5.41) is 3.16. The Morgan fingerprint density at radius 1 is 1.07 bits per heavy atom. The Bertz CT molecular complexity index is 960. The zero-order chi connectivity index (χ0) is 21.1. The molecule has 4 rings (SSSR count). The van der Waals surface area contributed by atoms with Gasteiger partial charge in [0.2, 0.25) is 11.8 Å². The first-order valence-corrected chi connectivity index (χ1v) is 10.2. The summed E-state index contributed by atoms with van der Waals surface area (Å²) in [5.74, 6) is 0.265. The molecule has 0 aliphatic carbocycles. The van der Waals surface area contributed by atoms with Crippen molar-refractivity contribution in [2.24, 2.45) is 0 Å². The van der Waals surface area contributed by atoms with Crippen LogP contribution in [0.25, 0.3) is 0 Å². The molecule has 0 saturated carbocycles. The fraction of sp³-hybridized carbons (Fsp3) is 0.348. The van der Waals surface area contributed by atoms with E-state index in [0.717, 1.165) is 17.7 Å². The molecule has 0 radical (unpaired) electrons. The van der Waals surface area contributed by atoms with E-state index >= 15 is 0 Å². The third kappa shape index (κ3) is 4.01. The van der Waals surface area contributed by atoms with E-state index in [0.29, 0.717) is 37.4 Å². The molecule has 2 aromatic rings. The van der Waals surface area contributed by atoms with Gasteiger partial charge in [0.1, 0.15) is 11.8 Å². The lowest BCUT2D eigenvalue weighted by Gasteiger charge is -2.21. The van der Waals surface area contributed by atoms with Gasteiger partial charge in [-0.15, -0.1) is 0 Å². The Kier molecular flexibility index (Phi) is 5.70. The number of anilines is 2. The molecular weight excluding hydrogens is 382 g/mol. The van der Waals surface area contributed by atoms with E-state index in [9.17, 15) is 14.4 Å². The van der Waals surface area contributed by atoms with E-state index < -0.39 is 6.04 Å². The van der Waals surface area contributed by atoms with Gasteiger partial charge in [0.25, 0.3) is 5.91 Å². The number of likely N-dealkylation sites (tertiary alicyclic amines) is 1. The predicted octanol–water partition coefficient (Wildman–Crippen LogP) is 2.60. The van der Waals surface area contributed by atoms with Crippen molar-refractivity contribution in [3.8, 4) is 5.75 Å². The van der Waals surface area contributed by atoms with Crippen molar-refractivity contribution < 1.29 is 19.1 Å². The summed E-state index contributed by atoms with van der Waals surface area (Å²) in [6.07, 6.45) is 2.14. The number of amides is 3. The van der Waals surface area contributed by atoms with Crippen molar-refractivity contribution in [3.63, 3.8) is 0 Å². The third-order valence-electron chi connectivity index (χ3n) is 5.60. The summed E-state index contributed by atoms with van der Waals surface area (Å²) in [6.45, 7) is 1.05. The summed E-state index contributed by atoms with van der Waals surface area (Å²) in [7, 11) is 1.55. The molecule has 1 atom stereocenters. The lowest BCUT2D eigenvalue weighted by atomic mass is 10.1. The van der Waals surface area contributed by atoms with E-state index in [1.165, 1.54) is 4.90 Å². The first kappa shape index (κ1) is 19.9. The van der Waals surface area contributed by atoms with Crippen molar-refractivity contribution in [1.29, 1.82) is 0 Å². The zero-order valence-electron chi connectivity index (χ0n) is 17.0. The Balaban J connectivity index is 1.43. The van der Waals surface area contributed by atoms with Crippen LogP contribution in [0.5, 0.6) is 5.75 Å². The second kappa shape index (κ2) is 8.57. The van der Waals surface area contributed by atoms with Gasteiger partial charge in [-0.3, -0.25) is 19.3 Å². The number of nitrogens with zero attached hydrogens (tertiary/aromatic N) is 2. The number of carbonyl (C=O) groups excluding carboxylic acids is 3. The number of hydrogen-bond acceptors (Lipinski definition) is 5. The summed E-state index contributed by atoms with van der Waals surface area (Å²) < 4.78 is 5.47. The van der Waals surface area contributed by atoms with Gasteiger partial charge in [0.15, 0.2) is 0 Å². The number of imide groups is 1. The molecule has 0 bridgehead atoms. The van der Waals surface area contributed by atoms with Crippen LogP contribution < -0.4 is 15.0 Å². The van der Waals surface area contributed by atoms with Crippen LogP contribution in [0, 0.1) is 0 Å². The largest absolute Gasteiger partial charge is 0.494 e. The van der Waals surface area contributed by atoms with E-state index in [-0.39, 0.29) is 24.1 Å². The minimum Gasteiger partial charge on any atom is -0.494 e. The minimum absolute atomic E-state index is 0.0830. The van der Waals surface area contributed by atoms with Crippen LogP contribution in [0.15, 0.2) is 48.5 Å². The first-order chi connectivity index (χ1) is 14.6. The fourth-order valence-corrected chi connectivity index (χ4v) is 4.01. The number of benzene rings is 2. The second-order valence-electron chi connectivity index (χ2n) is 7.56. The molecule has 7 heteroatoms. The van der Waals surface area contributed by atoms with Gasteiger partial charge in [-0.2, -0.15) is 0 Å². The summed E-state index contributed by atoms with van der Waals surface area (Å²) in [4.78, 5) is 40.3. The normalized spacial score (nSPS) is 19.0. The molecule has 2 heterocycles. The highest BCUT2D eigenvalue weighted by atomic mass is 16.5. The van der Waals surface area contributed by atoms with E-state index in [1.807, 2.05) is 42.5 Å². The Hall–Kier alpha value is -3.35. The van der Waals surface area contributed by atoms with E-state index in [2.05, 4.69) is 5.32 Å². The molecule has 2 aliphatic rings.